The van der Waals surface area contributed by atoms with E-state index in [1.807, 2.05) is 12.1 Å². The molecule has 0 fully saturated rings. The standard InChI is InChI=1S/C23H32O5S.K/c1-2-3-4-5-6-7-8-9-10-12-19-15-17-20(18-16-19)28-21-13-11-14-22(23(21)24)29(25,26)27;/h11,13-18,24H,2-10,12H2,1H3,(H,25,26,27);/q;+1/p-1. The Bertz CT molecular complexity index is 850. The van der Waals surface area contributed by atoms with Gasteiger partial charge in [-0.1, -0.05) is 76.5 Å². The molecule has 0 unspecified atom stereocenters. The van der Waals surface area contributed by atoms with E-state index in [0.717, 1.165) is 18.9 Å². The summed E-state index contributed by atoms with van der Waals surface area (Å²) >= 11 is 0. The fourth-order valence-corrected chi connectivity index (χ4v) is 3.86. The summed E-state index contributed by atoms with van der Waals surface area (Å²) in [6.07, 6.45) is 12.7. The van der Waals surface area contributed by atoms with Gasteiger partial charge >= 0.3 is 51.4 Å². The fourth-order valence-electron chi connectivity index (χ4n) is 3.27. The summed E-state index contributed by atoms with van der Waals surface area (Å²) in [5.74, 6) is -0.536. The maximum atomic E-state index is 12.1. The second-order valence-electron chi connectivity index (χ2n) is 7.38. The van der Waals surface area contributed by atoms with Crippen LogP contribution in [-0.4, -0.2) is 13.0 Å². The number of rotatable bonds is 13. The summed E-state index contributed by atoms with van der Waals surface area (Å²) in [5.41, 5.74) is 1.20. The van der Waals surface area contributed by atoms with E-state index in [4.69, 9.17) is 9.29 Å². The number of aryl methyl sites for hydroxylation is 1. The van der Waals surface area contributed by atoms with Gasteiger partial charge in [0.25, 0.3) is 10.1 Å². The molecule has 0 aromatic heterocycles. The van der Waals surface area contributed by atoms with E-state index in [1.54, 1.807) is 12.1 Å². The van der Waals surface area contributed by atoms with Crippen molar-refractivity contribution in [3.8, 4) is 17.2 Å². The van der Waals surface area contributed by atoms with Crippen LogP contribution in [-0.2, 0) is 16.5 Å². The second-order valence-corrected chi connectivity index (χ2v) is 8.77. The van der Waals surface area contributed by atoms with Crippen LogP contribution in [0.5, 0.6) is 17.2 Å². The number of ether oxygens (including phenoxy) is 1. The van der Waals surface area contributed by atoms with Gasteiger partial charge in [-0.2, -0.15) is 8.42 Å². The van der Waals surface area contributed by atoms with Crippen molar-refractivity contribution >= 4 is 10.1 Å². The van der Waals surface area contributed by atoms with Crippen LogP contribution in [0.3, 0.4) is 0 Å². The molecule has 0 aliphatic heterocycles. The van der Waals surface area contributed by atoms with E-state index >= 15 is 0 Å². The van der Waals surface area contributed by atoms with Crippen LogP contribution in [0, 0.1) is 0 Å². The minimum absolute atomic E-state index is 0. The molecule has 1 N–H and O–H groups in total. The van der Waals surface area contributed by atoms with Crippen molar-refractivity contribution in [3.63, 3.8) is 0 Å². The van der Waals surface area contributed by atoms with Crippen LogP contribution in [0.4, 0.5) is 0 Å². The third kappa shape index (κ3) is 9.81. The Morgan fingerprint density at radius 2 is 1.43 bits per heavy atom. The molecule has 160 valence electrons. The molecular formula is C23H31KO5S. The monoisotopic (exact) mass is 458 g/mol. The Balaban J connectivity index is 0.00000450. The van der Waals surface area contributed by atoms with Crippen LogP contribution in [0.25, 0.3) is 0 Å². The molecule has 0 atom stereocenters. The van der Waals surface area contributed by atoms with Crippen LogP contribution >= 0.6 is 0 Å². The number of benzene rings is 2. The second kappa shape index (κ2) is 14.6. The molecule has 0 bridgehead atoms. The molecule has 0 amide bonds. The third-order valence-electron chi connectivity index (χ3n) is 4.94. The molecular weight excluding hydrogens is 427 g/mol. The van der Waals surface area contributed by atoms with Crippen LogP contribution in [0.15, 0.2) is 47.4 Å². The van der Waals surface area contributed by atoms with E-state index in [0.29, 0.717) is 5.75 Å². The fraction of sp³-hybridized carbons (Fsp3) is 0.478. The molecule has 0 saturated carbocycles. The van der Waals surface area contributed by atoms with E-state index in [2.05, 4.69) is 6.92 Å². The molecule has 0 aliphatic carbocycles. The zero-order valence-corrected chi connectivity index (χ0v) is 22.0. The van der Waals surface area contributed by atoms with Gasteiger partial charge in [-0.05, 0) is 48.4 Å². The van der Waals surface area contributed by atoms with Gasteiger partial charge in [-0.25, -0.2) is 0 Å². The molecule has 0 spiro atoms. The topological polar surface area (TPSA) is 86.7 Å². The summed E-state index contributed by atoms with van der Waals surface area (Å²) in [4.78, 5) is -0.683. The first kappa shape index (κ1) is 27.6. The van der Waals surface area contributed by atoms with Gasteiger partial charge in [-0.15, -0.1) is 0 Å². The number of hydrogen-bond acceptors (Lipinski definition) is 4. The SMILES string of the molecule is CCCCCCCCCCCc1ccc(Oc2cccc(S(=O)(=O)O)c2[O-])cc1.[K+]. The Kier molecular flexibility index (Phi) is 13.5. The van der Waals surface area contributed by atoms with Crippen molar-refractivity contribution in [3.05, 3.63) is 48.0 Å². The predicted octanol–water partition coefficient (Wildman–Crippen LogP) is 2.88. The summed E-state index contributed by atoms with van der Waals surface area (Å²) in [5, 5.41) is 12.1. The summed E-state index contributed by atoms with van der Waals surface area (Å²) < 4.78 is 37.1. The molecule has 2 rings (SSSR count). The summed E-state index contributed by atoms with van der Waals surface area (Å²) in [6, 6.07) is 11.2. The molecule has 2 aromatic carbocycles. The van der Waals surface area contributed by atoms with Crippen molar-refractivity contribution < 1.29 is 74.2 Å². The zero-order valence-electron chi connectivity index (χ0n) is 18.1. The van der Waals surface area contributed by atoms with E-state index < -0.39 is 20.8 Å². The first-order chi connectivity index (χ1) is 13.9. The average molecular weight is 459 g/mol. The molecule has 5 nitrogen and oxygen atoms in total. The average Bonchev–Trinajstić information content (AvgIpc) is 2.68. The van der Waals surface area contributed by atoms with Gasteiger partial charge in [0.05, 0.1) is 4.90 Å². The van der Waals surface area contributed by atoms with Gasteiger partial charge in [-0.3, -0.25) is 4.55 Å². The van der Waals surface area contributed by atoms with E-state index in [-0.39, 0.29) is 57.1 Å². The molecule has 7 heteroatoms. The Hall–Kier alpha value is -0.414. The smallest absolute Gasteiger partial charge is 0.869 e. The first-order valence-electron chi connectivity index (χ1n) is 10.5. The van der Waals surface area contributed by atoms with Crippen molar-refractivity contribution in [2.24, 2.45) is 0 Å². The van der Waals surface area contributed by atoms with Crippen molar-refractivity contribution in [1.29, 1.82) is 0 Å². The Labute approximate surface area is 223 Å². The van der Waals surface area contributed by atoms with E-state index in [1.165, 1.54) is 69.1 Å². The first-order valence-corrected chi connectivity index (χ1v) is 11.9. The molecule has 0 aliphatic rings. The Morgan fingerprint density at radius 1 is 0.867 bits per heavy atom. The summed E-state index contributed by atoms with van der Waals surface area (Å²) in [7, 11) is -4.57. The molecule has 0 saturated heterocycles. The van der Waals surface area contributed by atoms with Crippen molar-refractivity contribution in [2.75, 3.05) is 0 Å². The predicted molar refractivity (Wildman–Crippen MR) is 113 cm³/mol. The van der Waals surface area contributed by atoms with Crippen molar-refractivity contribution in [2.45, 2.75) is 76.0 Å². The van der Waals surface area contributed by atoms with Gasteiger partial charge in [0, 0.05) is 0 Å². The Morgan fingerprint density at radius 3 is 2.00 bits per heavy atom. The van der Waals surface area contributed by atoms with Gasteiger partial charge < -0.3 is 9.84 Å². The third-order valence-corrected chi connectivity index (χ3v) is 5.82. The van der Waals surface area contributed by atoms with Crippen LogP contribution in [0.2, 0.25) is 0 Å². The van der Waals surface area contributed by atoms with Gasteiger partial charge in [0.15, 0.2) is 0 Å². The van der Waals surface area contributed by atoms with Gasteiger partial charge in [0.1, 0.15) is 11.5 Å². The molecule has 0 radical (unpaired) electrons. The van der Waals surface area contributed by atoms with Crippen molar-refractivity contribution in [1.82, 2.24) is 0 Å². The number of para-hydroxylation sites is 1. The molecule has 0 heterocycles. The van der Waals surface area contributed by atoms with Gasteiger partial charge in [0.2, 0.25) is 0 Å². The number of unbranched alkanes of at least 4 members (excludes halogenated alkanes) is 8. The normalized spacial score (nSPS) is 11.1. The number of hydrogen-bond donors (Lipinski definition) is 1. The maximum Gasteiger partial charge on any atom is 1.00 e. The quantitative estimate of drug-likeness (QED) is 0.283. The van der Waals surface area contributed by atoms with Crippen LogP contribution < -0.4 is 61.2 Å². The molecule has 2 aromatic rings. The van der Waals surface area contributed by atoms with E-state index in [9.17, 15) is 13.5 Å². The van der Waals surface area contributed by atoms with Crippen LogP contribution in [0.1, 0.15) is 70.3 Å². The summed E-state index contributed by atoms with van der Waals surface area (Å²) in [6.45, 7) is 2.24. The minimum Gasteiger partial charge on any atom is -0.869 e. The maximum absolute atomic E-state index is 12.1. The minimum atomic E-state index is -4.57. The molecule has 30 heavy (non-hydrogen) atoms. The zero-order chi connectivity index (χ0) is 21.1. The largest absolute Gasteiger partial charge is 1.00 e.